The van der Waals surface area contributed by atoms with E-state index in [0.717, 1.165) is 10.8 Å². The predicted octanol–water partition coefficient (Wildman–Crippen LogP) is 4.79. The van der Waals surface area contributed by atoms with E-state index in [-0.39, 0.29) is 6.61 Å². The van der Waals surface area contributed by atoms with E-state index in [4.69, 9.17) is 14.2 Å². The number of nitrogens with one attached hydrogen (secondary N) is 1. The molecule has 0 saturated carbocycles. The number of nitrogens with zero attached hydrogens (tertiary/aromatic N) is 1. The van der Waals surface area contributed by atoms with E-state index in [0.29, 0.717) is 0 Å². The van der Waals surface area contributed by atoms with Crippen LogP contribution in [0.4, 0.5) is 4.39 Å². The van der Waals surface area contributed by atoms with Crippen LogP contribution in [0, 0.1) is 5.82 Å². The van der Waals surface area contributed by atoms with Gasteiger partial charge in [-0.05, 0) is 13.8 Å². The summed E-state index contributed by atoms with van der Waals surface area (Å²) in [5.41, 5.74) is -1.93. The first-order valence-electron chi connectivity index (χ1n) is 13.4. The van der Waals surface area contributed by atoms with Gasteiger partial charge in [-0.15, -0.1) is 0 Å². The summed E-state index contributed by atoms with van der Waals surface area (Å²) in [5, 5.41) is 9.34. The molecule has 0 aromatic carbocycles. The minimum absolute atomic E-state index is 0.336. The molecule has 2 fully saturated rings. The third kappa shape index (κ3) is 9.12. The number of hydrogen-bond acceptors (Lipinski definition) is 6. The van der Waals surface area contributed by atoms with Crippen LogP contribution in [-0.2, 0) is 14.2 Å². The lowest BCUT2D eigenvalue weighted by atomic mass is 10.1. The first-order chi connectivity index (χ1) is 16.7. The first kappa shape index (κ1) is 29.7. The van der Waals surface area contributed by atoms with E-state index in [1.54, 1.807) is 13.8 Å². The van der Waals surface area contributed by atoms with Gasteiger partial charge in [0, 0.05) is 0 Å². The molecular weight excluding hydrogens is 455 g/mol. The van der Waals surface area contributed by atoms with Crippen molar-refractivity contribution in [2.45, 2.75) is 135 Å². The highest BCUT2D eigenvalue weighted by Crippen LogP contribution is 2.42. The lowest BCUT2D eigenvalue weighted by Crippen LogP contribution is -2.38. The molecule has 3 rings (SSSR count). The summed E-state index contributed by atoms with van der Waals surface area (Å²) < 4.78 is 31.1. The number of ether oxygens (including phenoxy) is 3. The molecule has 2 aliphatic rings. The average Bonchev–Trinajstić information content (AvgIpc) is 3.30. The summed E-state index contributed by atoms with van der Waals surface area (Å²) in [5.74, 6) is -2.02. The van der Waals surface area contributed by atoms with Gasteiger partial charge in [0.05, 0.1) is 12.8 Å². The summed E-state index contributed by atoms with van der Waals surface area (Å²) in [6.45, 7) is 7.61. The predicted molar refractivity (Wildman–Crippen MR) is 133 cm³/mol. The highest BCUT2D eigenvalue weighted by Gasteiger charge is 2.55. The fourth-order valence-electron chi connectivity index (χ4n) is 4.59. The Kier molecular flexibility index (Phi) is 12.6. The van der Waals surface area contributed by atoms with Crippen LogP contribution < -0.4 is 11.2 Å². The number of aliphatic hydroxyl groups excluding tert-OH is 1. The quantitative estimate of drug-likeness (QED) is 0.378. The molecule has 1 unspecified atom stereocenters. The van der Waals surface area contributed by atoms with Crippen molar-refractivity contribution in [1.29, 1.82) is 0 Å². The maximum absolute atomic E-state index is 13.4. The van der Waals surface area contributed by atoms with Gasteiger partial charge >= 0.3 is 5.69 Å². The number of fused-ring (bicyclic) bond motifs is 1. The molecule has 35 heavy (non-hydrogen) atoms. The smallest absolute Gasteiger partial charge is 0.330 e. The van der Waals surface area contributed by atoms with Gasteiger partial charge in [0.1, 0.15) is 18.3 Å². The maximum Gasteiger partial charge on any atom is 0.330 e. The van der Waals surface area contributed by atoms with Crippen molar-refractivity contribution < 1.29 is 23.7 Å². The van der Waals surface area contributed by atoms with Gasteiger partial charge in [0.2, 0.25) is 5.82 Å². The van der Waals surface area contributed by atoms with Gasteiger partial charge in [0.15, 0.2) is 12.0 Å². The second-order valence-electron chi connectivity index (χ2n) is 9.99. The number of aliphatic hydroxyl groups is 1. The molecule has 0 amide bonds. The first-order valence-corrected chi connectivity index (χ1v) is 13.4. The molecule has 9 heteroatoms. The Morgan fingerprint density at radius 3 is 1.89 bits per heavy atom. The summed E-state index contributed by atoms with van der Waals surface area (Å²) >= 11 is 0. The Morgan fingerprint density at radius 1 is 0.914 bits per heavy atom. The van der Waals surface area contributed by atoms with Crippen molar-refractivity contribution in [1.82, 2.24) is 9.55 Å². The van der Waals surface area contributed by atoms with Crippen molar-refractivity contribution >= 4 is 0 Å². The van der Waals surface area contributed by atoms with Crippen LogP contribution in [0.5, 0.6) is 0 Å². The number of aromatic nitrogens is 2. The van der Waals surface area contributed by atoms with E-state index >= 15 is 0 Å². The van der Waals surface area contributed by atoms with Crippen LogP contribution >= 0.6 is 0 Å². The molecule has 202 valence electrons. The zero-order valence-electron chi connectivity index (χ0n) is 21.9. The van der Waals surface area contributed by atoms with E-state index in [1.807, 2.05) is 4.98 Å². The Labute approximate surface area is 208 Å². The second-order valence-corrected chi connectivity index (χ2v) is 9.99. The lowest BCUT2D eigenvalue weighted by Gasteiger charge is -2.24. The minimum atomic E-state index is -1.11. The number of hydrogen-bond donors (Lipinski definition) is 2. The summed E-state index contributed by atoms with van der Waals surface area (Å²) in [6.07, 6.45) is 15.2. The molecular formula is C26H45FN2O6. The van der Waals surface area contributed by atoms with Crippen molar-refractivity contribution in [3.63, 3.8) is 0 Å². The van der Waals surface area contributed by atoms with Crippen LogP contribution in [0.2, 0.25) is 0 Å². The standard InChI is InChI=1S/C14H30.C12H15FN2O6/c1-3-5-7-9-11-13-14-12-10-8-6-4-2;1-12(2)20-7-6(4-16)19-10(8(7)21-12)15-3-5(13)9(17)14-11(15)18/h3-14H2,1-2H3;3,6-8,10,16H,4H2,1-2H3,(H,14,17,18)/t;6-,7?,8+,10-/m.1/s1. The van der Waals surface area contributed by atoms with Crippen LogP contribution in [-0.4, -0.2) is 45.4 Å². The average molecular weight is 501 g/mol. The zero-order valence-corrected chi connectivity index (χ0v) is 21.9. The molecule has 1 aromatic rings. The normalized spacial score (nSPS) is 24.7. The SMILES string of the molecule is CC1(C)OC2[C@@H](CO)O[C@@H](n3cc(F)c(=O)[nH]c3=O)[C@H]2O1.CCCCCCCCCCCCCC. The molecule has 0 spiro atoms. The third-order valence-electron chi connectivity index (χ3n) is 6.46. The monoisotopic (exact) mass is 500 g/mol. The van der Waals surface area contributed by atoms with Crippen LogP contribution in [0.25, 0.3) is 0 Å². The highest BCUT2D eigenvalue weighted by atomic mass is 19.1. The van der Waals surface area contributed by atoms with Crippen molar-refractivity contribution in [3.05, 3.63) is 32.9 Å². The van der Waals surface area contributed by atoms with E-state index in [9.17, 15) is 19.1 Å². The molecule has 2 aliphatic heterocycles. The van der Waals surface area contributed by atoms with Crippen LogP contribution in [0.15, 0.2) is 15.8 Å². The number of aromatic amines is 1. The van der Waals surface area contributed by atoms with Crippen molar-refractivity contribution in [2.24, 2.45) is 0 Å². The largest absolute Gasteiger partial charge is 0.394 e. The van der Waals surface area contributed by atoms with Crippen molar-refractivity contribution in [3.8, 4) is 0 Å². The molecule has 0 radical (unpaired) electrons. The van der Waals surface area contributed by atoms with Gasteiger partial charge in [0.25, 0.3) is 5.56 Å². The summed E-state index contributed by atoms with van der Waals surface area (Å²) in [6, 6.07) is 0. The molecule has 3 heterocycles. The van der Waals surface area contributed by atoms with E-state index < -0.39 is 47.4 Å². The second kappa shape index (κ2) is 14.9. The van der Waals surface area contributed by atoms with Gasteiger partial charge in [-0.3, -0.25) is 14.3 Å². The number of unbranched alkanes of at least 4 members (excludes halogenated alkanes) is 11. The fraction of sp³-hybridized carbons (Fsp3) is 0.846. The zero-order chi connectivity index (χ0) is 25.8. The topological polar surface area (TPSA) is 103 Å². The molecule has 1 aromatic heterocycles. The Hall–Kier alpha value is -1.55. The molecule has 2 saturated heterocycles. The fourth-order valence-corrected chi connectivity index (χ4v) is 4.59. The summed E-state index contributed by atoms with van der Waals surface area (Å²) in [7, 11) is 0. The van der Waals surface area contributed by atoms with E-state index in [1.165, 1.54) is 77.0 Å². The maximum atomic E-state index is 13.4. The van der Waals surface area contributed by atoms with Crippen LogP contribution in [0.3, 0.4) is 0 Å². The number of H-pyrrole nitrogens is 1. The lowest BCUT2D eigenvalue weighted by molar-refractivity contribution is -0.200. The van der Waals surface area contributed by atoms with Crippen LogP contribution in [0.1, 0.15) is 111 Å². The molecule has 8 nitrogen and oxygen atoms in total. The molecule has 4 atom stereocenters. The summed E-state index contributed by atoms with van der Waals surface area (Å²) in [4.78, 5) is 24.8. The van der Waals surface area contributed by atoms with E-state index in [2.05, 4.69) is 13.8 Å². The van der Waals surface area contributed by atoms with Crippen molar-refractivity contribution in [2.75, 3.05) is 6.61 Å². The molecule has 2 N–H and O–H groups in total. The Bertz CT molecular complexity index is 843. The Balaban J connectivity index is 0.000000271. The van der Waals surface area contributed by atoms with Gasteiger partial charge in [-0.2, -0.15) is 4.39 Å². The Morgan fingerprint density at radius 2 is 1.40 bits per heavy atom. The molecule has 0 bridgehead atoms. The molecule has 0 aliphatic carbocycles. The van der Waals surface area contributed by atoms with Gasteiger partial charge in [-0.1, -0.05) is 90.9 Å². The minimum Gasteiger partial charge on any atom is -0.394 e. The number of halogens is 1. The number of rotatable bonds is 13. The van der Waals surface area contributed by atoms with Gasteiger partial charge < -0.3 is 19.3 Å². The third-order valence-corrected chi connectivity index (χ3v) is 6.46. The highest BCUT2D eigenvalue weighted by molar-refractivity contribution is 4.99. The van der Waals surface area contributed by atoms with Gasteiger partial charge in [-0.25, -0.2) is 4.79 Å².